The lowest BCUT2D eigenvalue weighted by atomic mass is 10.2. The van der Waals surface area contributed by atoms with Crippen molar-refractivity contribution in [2.24, 2.45) is 0 Å². The highest BCUT2D eigenvalue weighted by atomic mass is 35.5. The molecule has 21 heavy (non-hydrogen) atoms. The number of sulfonamides is 1. The molecule has 0 radical (unpaired) electrons. The van der Waals surface area contributed by atoms with Crippen molar-refractivity contribution >= 4 is 33.0 Å². The summed E-state index contributed by atoms with van der Waals surface area (Å²) in [6, 6.07) is 12.8. The lowest BCUT2D eigenvalue weighted by Crippen LogP contribution is -2.15. The fourth-order valence-electron chi connectivity index (χ4n) is 1.78. The van der Waals surface area contributed by atoms with E-state index in [0.29, 0.717) is 11.3 Å². The highest BCUT2D eigenvalue weighted by molar-refractivity contribution is 7.92. The summed E-state index contributed by atoms with van der Waals surface area (Å²) in [7, 11) is -2.17. The summed E-state index contributed by atoms with van der Waals surface area (Å²) in [5.41, 5.74) is 0.957. The number of hydrogen-bond acceptors (Lipinski definition) is 4. The molecule has 2 N–H and O–H groups in total. The number of para-hydroxylation sites is 1. The van der Waals surface area contributed by atoms with E-state index in [-0.39, 0.29) is 15.6 Å². The summed E-state index contributed by atoms with van der Waals surface area (Å²) in [6.07, 6.45) is 0. The number of nitrogens with zero attached hydrogens (tertiary/aromatic N) is 1. The largest absolute Gasteiger partial charge is 0.387 e. The van der Waals surface area contributed by atoms with Crippen LogP contribution in [0.25, 0.3) is 0 Å². The van der Waals surface area contributed by atoms with E-state index >= 15 is 0 Å². The standard InChI is InChI=1S/C14H12ClN3O2S/c1-17-12-4-2-3-5-14(12)21(19,20)18-13-8-10(9-16)6-7-11(13)15/h2-8,17-18H,1H3. The van der Waals surface area contributed by atoms with Gasteiger partial charge in [0.05, 0.1) is 28.0 Å². The van der Waals surface area contributed by atoms with Crippen molar-refractivity contribution < 1.29 is 8.42 Å². The third-order valence-electron chi connectivity index (χ3n) is 2.79. The number of nitriles is 1. The highest BCUT2D eigenvalue weighted by Gasteiger charge is 2.19. The molecule has 0 bridgehead atoms. The van der Waals surface area contributed by atoms with Crippen LogP contribution in [0.4, 0.5) is 11.4 Å². The molecule has 0 unspecified atom stereocenters. The van der Waals surface area contributed by atoms with Gasteiger partial charge in [0.15, 0.2) is 0 Å². The third-order valence-corrected chi connectivity index (χ3v) is 4.54. The van der Waals surface area contributed by atoms with Crippen LogP contribution in [-0.2, 0) is 10.0 Å². The van der Waals surface area contributed by atoms with E-state index < -0.39 is 10.0 Å². The van der Waals surface area contributed by atoms with Gasteiger partial charge in [-0.1, -0.05) is 23.7 Å². The fraction of sp³-hybridized carbons (Fsp3) is 0.0714. The zero-order valence-corrected chi connectivity index (χ0v) is 12.7. The Morgan fingerprint density at radius 3 is 2.52 bits per heavy atom. The second-order valence-corrected chi connectivity index (χ2v) is 6.22. The second kappa shape index (κ2) is 6.04. The Hall–Kier alpha value is -2.23. The molecule has 0 fully saturated rings. The van der Waals surface area contributed by atoms with Gasteiger partial charge in [-0.15, -0.1) is 0 Å². The lowest BCUT2D eigenvalue weighted by molar-refractivity contribution is 0.601. The summed E-state index contributed by atoms with van der Waals surface area (Å²) in [4.78, 5) is 0.103. The van der Waals surface area contributed by atoms with Crippen molar-refractivity contribution in [1.29, 1.82) is 5.26 Å². The molecule has 0 heterocycles. The maximum atomic E-state index is 12.4. The average molecular weight is 322 g/mol. The normalized spacial score (nSPS) is 10.7. The van der Waals surface area contributed by atoms with Crippen LogP contribution in [0.3, 0.4) is 0 Å². The van der Waals surface area contributed by atoms with E-state index in [9.17, 15) is 8.42 Å². The molecule has 0 amide bonds. The molecule has 0 aliphatic carbocycles. The molecule has 0 saturated heterocycles. The molecule has 108 valence electrons. The van der Waals surface area contributed by atoms with Crippen molar-refractivity contribution in [2.75, 3.05) is 17.1 Å². The maximum Gasteiger partial charge on any atom is 0.263 e. The Balaban J connectivity index is 2.45. The SMILES string of the molecule is CNc1ccccc1S(=O)(=O)Nc1cc(C#N)ccc1Cl. The zero-order valence-electron chi connectivity index (χ0n) is 11.1. The van der Waals surface area contributed by atoms with Gasteiger partial charge in [-0.3, -0.25) is 4.72 Å². The zero-order chi connectivity index (χ0) is 15.5. The van der Waals surface area contributed by atoms with Gasteiger partial charge in [0, 0.05) is 7.05 Å². The Morgan fingerprint density at radius 2 is 1.86 bits per heavy atom. The Morgan fingerprint density at radius 1 is 1.14 bits per heavy atom. The number of anilines is 2. The van der Waals surface area contributed by atoms with Crippen molar-refractivity contribution in [1.82, 2.24) is 0 Å². The van der Waals surface area contributed by atoms with Gasteiger partial charge in [-0.2, -0.15) is 5.26 Å². The van der Waals surface area contributed by atoms with E-state index in [1.807, 2.05) is 6.07 Å². The first-order chi connectivity index (χ1) is 9.97. The monoisotopic (exact) mass is 321 g/mol. The lowest BCUT2D eigenvalue weighted by Gasteiger charge is -2.13. The molecule has 0 aliphatic rings. The number of halogens is 1. The van der Waals surface area contributed by atoms with Crippen LogP contribution < -0.4 is 10.0 Å². The predicted octanol–water partition coefficient (Wildman–Crippen LogP) is 3.05. The second-order valence-electron chi connectivity index (χ2n) is 4.16. The van der Waals surface area contributed by atoms with Gasteiger partial charge in [-0.25, -0.2) is 8.42 Å². The Labute approximate surface area is 128 Å². The molecule has 0 aromatic heterocycles. The number of benzene rings is 2. The van der Waals surface area contributed by atoms with E-state index in [4.69, 9.17) is 16.9 Å². The van der Waals surface area contributed by atoms with Crippen molar-refractivity contribution in [2.45, 2.75) is 4.90 Å². The summed E-state index contributed by atoms with van der Waals surface area (Å²) < 4.78 is 27.3. The molecule has 5 nitrogen and oxygen atoms in total. The summed E-state index contributed by atoms with van der Waals surface area (Å²) in [6.45, 7) is 0. The third kappa shape index (κ3) is 3.27. The minimum absolute atomic E-state index is 0.103. The van der Waals surface area contributed by atoms with Crippen LogP contribution in [0.15, 0.2) is 47.4 Å². The number of nitrogens with one attached hydrogen (secondary N) is 2. The molecular weight excluding hydrogens is 310 g/mol. The van der Waals surface area contributed by atoms with Gasteiger partial charge in [0.1, 0.15) is 4.90 Å². The summed E-state index contributed by atoms with van der Waals surface area (Å²) in [5.74, 6) is 0. The molecule has 2 aromatic rings. The van der Waals surface area contributed by atoms with Crippen LogP contribution in [0.2, 0.25) is 5.02 Å². The quantitative estimate of drug-likeness (QED) is 0.906. The summed E-state index contributed by atoms with van der Waals surface area (Å²) >= 11 is 5.97. The molecule has 7 heteroatoms. The van der Waals surface area contributed by atoms with Crippen molar-refractivity contribution in [3.05, 3.63) is 53.1 Å². The smallest absolute Gasteiger partial charge is 0.263 e. The number of hydrogen-bond donors (Lipinski definition) is 2. The minimum Gasteiger partial charge on any atom is -0.387 e. The van der Waals surface area contributed by atoms with Crippen molar-refractivity contribution in [3.8, 4) is 6.07 Å². The van der Waals surface area contributed by atoms with Gasteiger partial charge >= 0.3 is 0 Å². The molecule has 0 spiro atoms. The Bertz CT molecular complexity index is 813. The predicted molar refractivity (Wildman–Crippen MR) is 83.0 cm³/mol. The van der Waals surface area contributed by atoms with Crippen LogP contribution in [0.1, 0.15) is 5.56 Å². The molecule has 2 rings (SSSR count). The van der Waals surface area contributed by atoms with Gasteiger partial charge < -0.3 is 5.32 Å². The minimum atomic E-state index is -3.81. The summed E-state index contributed by atoms with van der Waals surface area (Å²) in [5, 5.41) is 11.9. The van der Waals surface area contributed by atoms with Crippen LogP contribution in [-0.4, -0.2) is 15.5 Å². The Kier molecular flexibility index (Phi) is 4.36. The first-order valence-corrected chi connectivity index (χ1v) is 7.83. The molecule has 2 aromatic carbocycles. The highest BCUT2D eigenvalue weighted by Crippen LogP contribution is 2.28. The average Bonchev–Trinajstić information content (AvgIpc) is 2.49. The van der Waals surface area contributed by atoms with E-state index in [0.717, 1.165) is 0 Å². The molecule has 0 aliphatic heterocycles. The number of rotatable bonds is 4. The maximum absolute atomic E-state index is 12.4. The molecule has 0 saturated carbocycles. The van der Waals surface area contributed by atoms with Crippen molar-refractivity contribution in [3.63, 3.8) is 0 Å². The van der Waals surface area contributed by atoms with E-state index in [1.165, 1.54) is 24.3 Å². The fourth-order valence-corrected chi connectivity index (χ4v) is 3.29. The topological polar surface area (TPSA) is 82.0 Å². The van der Waals surface area contributed by atoms with Crippen LogP contribution >= 0.6 is 11.6 Å². The molecule has 0 atom stereocenters. The van der Waals surface area contributed by atoms with E-state index in [1.54, 1.807) is 25.2 Å². The van der Waals surface area contributed by atoms with Gasteiger partial charge in [-0.05, 0) is 30.3 Å². The van der Waals surface area contributed by atoms with E-state index in [2.05, 4.69) is 10.0 Å². The van der Waals surface area contributed by atoms with Crippen LogP contribution in [0.5, 0.6) is 0 Å². The van der Waals surface area contributed by atoms with Gasteiger partial charge in [0.2, 0.25) is 0 Å². The molecular formula is C14H12ClN3O2S. The first-order valence-electron chi connectivity index (χ1n) is 5.97. The first kappa shape index (κ1) is 15.2. The van der Waals surface area contributed by atoms with Crippen LogP contribution in [0, 0.1) is 11.3 Å². The van der Waals surface area contributed by atoms with Gasteiger partial charge in [0.25, 0.3) is 10.0 Å².